The first-order valence-electron chi connectivity index (χ1n) is 6.92. The molecule has 2 rings (SSSR count). The number of aromatic nitrogens is 2. The summed E-state index contributed by atoms with van der Waals surface area (Å²) in [7, 11) is 0. The van der Waals surface area contributed by atoms with Crippen molar-refractivity contribution in [3.8, 4) is 0 Å². The fourth-order valence-corrected chi connectivity index (χ4v) is 2.43. The highest BCUT2D eigenvalue weighted by Crippen LogP contribution is 2.22. The molecule has 126 valence electrons. The molecule has 0 spiro atoms. The molecule has 24 heavy (non-hydrogen) atoms. The Balaban J connectivity index is 2.14. The normalized spacial score (nSPS) is 10.3. The maximum Gasteiger partial charge on any atom is 0.277 e. The van der Waals surface area contributed by atoms with Gasteiger partial charge in [0.25, 0.3) is 11.6 Å². The van der Waals surface area contributed by atoms with Gasteiger partial charge >= 0.3 is 0 Å². The highest BCUT2D eigenvalue weighted by Gasteiger charge is 2.18. The van der Waals surface area contributed by atoms with E-state index < -0.39 is 10.8 Å². The Morgan fingerprint density at radius 2 is 2.21 bits per heavy atom. The minimum Gasteiger partial charge on any atom is -0.332 e. The smallest absolute Gasteiger partial charge is 0.277 e. The monoisotopic (exact) mass is 367 g/mol. The first-order valence-corrected chi connectivity index (χ1v) is 7.70. The Hall–Kier alpha value is -2.52. The summed E-state index contributed by atoms with van der Waals surface area (Å²) in [5.41, 5.74) is 1.29. The number of halogens is 1. The zero-order valence-corrected chi connectivity index (χ0v) is 14.4. The Bertz CT molecular complexity index is 821. The van der Waals surface area contributed by atoms with Crippen molar-refractivity contribution in [3.05, 3.63) is 50.8 Å². The molecular weight excluding hydrogens is 354 g/mol. The van der Waals surface area contributed by atoms with E-state index in [1.54, 1.807) is 13.0 Å². The van der Waals surface area contributed by atoms with Crippen molar-refractivity contribution < 1.29 is 9.72 Å². The lowest BCUT2D eigenvalue weighted by atomic mass is 10.2. The number of aryl methyl sites for hydroxylation is 2. The Morgan fingerprint density at radius 3 is 2.83 bits per heavy atom. The van der Waals surface area contributed by atoms with Crippen LogP contribution in [0.5, 0.6) is 0 Å². The van der Waals surface area contributed by atoms with Crippen LogP contribution in [0, 0.1) is 17.0 Å². The van der Waals surface area contributed by atoms with Crippen LogP contribution in [0.25, 0.3) is 0 Å². The van der Waals surface area contributed by atoms with E-state index in [-0.39, 0.29) is 21.5 Å². The van der Waals surface area contributed by atoms with Crippen molar-refractivity contribution in [2.45, 2.75) is 20.4 Å². The van der Waals surface area contributed by atoms with Crippen LogP contribution in [0.15, 0.2) is 24.4 Å². The lowest BCUT2D eigenvalue weighted by Crippen LogP contribution is -2.35. The molecule has 0 bridgehead atoms. The summed E-state index contributed by atoms with van der Waals surface area (Å²) in [6.45, 7) is 4.06. The number of nitrogens with zero attached hydrogens (tertiary/aromatic N) is 3. The number of benzene rings is 1. The van der Waals surface area contributed by atoms with Gasteiger partial charge in [-0.05, 0) is 31.6 Å². The largest absolute Gasteiger partial charge is 0.332 e. The first-order chi connectivity index (χ1) is 11.3. The molecule has 8 nitrogen and oxygen atoms in total. The second-order valence-electron chi connectivity index (χ2n) is 4.82. The van der Waals surface area contributed by atoms with Gasteiger partial charge in [0.1, 0.15) is 5.69 Å². The Morgan fingerprint density at radius 1 is 1.50 bits per heavy atom. The molecule has 1 amide bonds. The summed E-state index contributed by atoms with van der Waals surface area (Å²) in [4.78, 5) is 22.6. The molecule has 1 aromatic carbocycles. The van der Waals surface area contributed by atoms with E-state index in [9.17, 15) is 14.9 Å². The lowest BCUT2D eigenvalue weighted by Gasteiger charge is -2.12. The number of hydrogen-bond acceptors (Lipinski definition) is 5. The van der Waals surface area contributed by atoms with Crippen molar-refractivity contribution in [3.63, 3.8) is 0 Å². The summed E-state index contributed by atoms with van der Waals surface area (Å²) in [6, 6.07) is 4.33. The van der Waals surface area contributed by atoms with E-state index >= 15 is 0 Å². The summed E-state index contributed by atoms with van der Waals surface area (Å²) < 4.78 is 1.44. The van der Waals surface area contributed by atoms with Gasteiger partial charge in [-0.1, -0.05) is 17.7 Å². The molecule has 1 aromatic heterocycles. The SMILES string of the molecule is CCn1ncc(Cl)c1C(=O)NC(=S)Nc1cc([N+](=O)[O-])ccc1C. The zero-order chi connectivity index (χ0) is 17.9. The molecule has 0 unspecified atom stereocenters. The van der Waals surface area contributed by atoms with Crippen LogP contribution in [0.4, 0.5) is 11.4 Å². The van der Waals surface area contributed by atoms with Gasteiger partial charge < -0.3 is 5.32 Å². The number of carbonyl (C=O) groups excluding carboxylic acids is 1. The van der Waals surface area contributed by atoms with Crippen LogP contribution >= 0.6 is 23.8 Å². The molecule has 0 fully saturated rings. The highest BCUT2D eigenvalue weighted by atomic mass is 35.5. The van der Waals surface area contributed by atoms with Gasteiger partial charge in [0.2, 0.25) is 0 Å². The van der Waals surface area contributed by atoms with E-state index in [0.717, 1.165) is 5.56 Å². The predicted octanol–water partition coefficient (Wildman–Crippen LogP) is 2.90. The van der Waals surface area contributed by atoms with Crippen LogP contribution in [-0.4, -0.2) is 25.7 Å². The number of nitrogens with one attached hydrogen (secondary N) is 2. The number of anilines is 1. The molecular formula is C14H14ClN5O3S. The third kappa shape index (κ3) is 3.87. The third-order valence-corrected chi connectivity index (χ3v) is 3.70. The number of nitro benzene ring substituents is 1. The number of amides is 1. The van der Waals surface area contributed by atoms with Crippen LogP contribution in [0.3, 0.4) is 0 Å². The van der Waals surface area contributed by atoms with E-state index in [4.69, 9.17) is 23.8 Å². The molecule has 0 radical (unpaired) electrons. The second-order valence-corrected chi connectivity index (χ2v) is 5.64. The van der Waals surface area contributed by atoms with Gasteiger partial charge in [0.05, 0.1) is 16.1 Å². The fraction of sp³-hybridized carbons (Fsp3) is 0.214. The van der Waals surface area contributed by atoms with Gasteiger partial charge in [-0.3, -0.25) is 24.9 Å². The standard InChI is InChI=1S/C14H14ClN5O3S/c1-3-19-12(10(15)7-16-19)13(21)18-14(24)17-11-6-9(20(22)23)5-4-8(11)2/h4-7H,3H2,1-2H3,(H2,17,18,21,24). The van der Waals surface area contributed by atoms with E-state index in [1.807, 2.05) is 6.92 Å². The number of rotatable bonds is 4. The van der Waals surface area contributed by atoms with E-state index in [2.05, 4.69) is 15.7 Å². The highest BCUT2D eigenvalue weighted by molar-refractivity contribution is 7.80. The molecule has 0 atom stereocenters. The molecule has 2 aromatic rings. The summed E-state index contributed by atoms with van der Waals surface area (Å²) in [6.07, 6.45) is 1.38. The van der Waals surface area contributed by atoms with Crippen LogP contribution in [-0.2, 0) is 6.54 Å². The topological polar surface area (TPSA) is 102 Å². The van der Waals surface area contributed by atoms with Gasteiger partial charge in [-0.15, -0.1) is 0 Å². The summed E-state index contributed by atoms with van der Waals surface area (Å²) in [5, 5.41) is 20.3. The van der Waals surface area contributed by atoms with Crippen molar-refractivity contribution in [2.24, 2.45) is 0 Å². The maximum absolute atomic E-state index is 12.3. The third-order valence-electron chi connectivity index (χ3n) is 3.22. The Labute approximate surface area is 147 Å². The van der Waals surface area contributed by atoms with Crippen molar-refractivity contribution in [1.82, 2.24) is 15.1 Å². The average molecular weight is 368 g/mol. The van der Waals surface area contributed by atoms with Crippen LogP contribution < -0.4 is 10.6 Å². The number of carbonyl (C=O) groups is 1. The molecule has 2 N–H and O–H groups in total. The average Bonchev–Trinajstić information content (AvgIpc) is 2.90. The number of nitro groups is 1. The van der Waals surface area contributed by atoms with Crippen molar-refractivity contribution >= 4 is 46.2 Å². The van der Waals surface area contributed by atoms with Gasteiger partial charge in [-0.25, -0.2) is 0 Å². The molecule has 10 heteroatoms. The maximum atomic E-state index is 12.3. The molecule has 0 aliphatic rings. The van der Waals surface area contributed by atoms with Crippen molar-refractivity contribution in [2.75, 3.05) is 5.32 Å². The van der Waals surface area contributed by atoms with Gasteiger partial charge in [-0.2, -0.15) is 5.10 Å². The number of hydrogen-bond donors (Lipinski definition) is 2. The molecule has 0 saturated heterocycles. The fourth-order valence-electron chi connectivity index (χ4n) is 2.00. The van der Waals surface area contributed by atoms with Gasteiger partial charge in [0, 0.05) is 24.4 Å². The second kappa shape index (κ2) is 7.37. The molecule has 0 aliphatic heterocycles. The minimum absolute atomic E-state index is 0.00326. The summed E-state index contributed by atoms with van der Waals surface area (Å²) in [5.74, 6) is -0.514. The zero-order valence-electron chi connectivity index (χ0n) is 12.9. The number of thiocarbonyl (C=S) groups is 1. The first kappa shape index (κ1) is 17.8. The minimum atomic E-state index is -0.514. The van der Waals surface area contributed by atoms with Crippen LogP contribution in [0.2, 0.25) is 5.02 Å². The molecule has 1 heterocycles. The summed E-state index contributed by atoms with van der Waals surface area (Å²) >= 11 is 11.1. The quantitative estimate of drug-likeness (QED) is 0.489. The predicted molar refractivity (Wildman–Crippen MR) is 94.4 cm³/mol. The van der Waals surface area contributed by atoms with E-state index in [0.29, 0.717) is 12.2 Å². The molecule has 0 aliphatic carbocycles. The van der Waals surface area contributed by atoms with Gasteiger partial charge in [0.15, 0.2) is 5.11 Å². The number of non-ortho nitro benzene ring substituents is 1. The lowest BCUT2D eigenvalue weighted by molar-refractivity contribution is -0.384. The Kier molecular flexibility index (Phi) is 5.47. The molecule has 0 saturated carbocycles. The van der Waals surface area contributed by atoms with E-state index in [1.165, 1.54) is 23.0 Å². The van der Waals surface area contributed by atoms with Crippen LogP contribution in [0.1, 0.15) is 23.0 Å². The van der Waals surface area contributed by atoms with Crippen molar-refractivity contribution in [1.29, 1.82) is 0 Å².